The van der Waals surface area contributed by atoms with Crippen molar-refractivity contribution in [1.82, 2.24) is 4.31 Å². The van der Waals surface area contributed by atoms with Gasteiger partial charge in [-0.15, -0.1) is 0 Å². The number of nitrogens with zero attached hydrogens (tertiary/aromatic N) is 1. The molecular formula is C10H15FN2O3S. The van der Waals surface area contributed by atoms with E-state index in [1.165, 1.54) is 20.0 Å². The fourth-order valence-corrected chi connectivity index (χ4v) is 2.66. The highest BCUT2D eigenvalue weighted by atomic mass is 32.2. The van der Waals surface area contributed by atoms with Gasteiger partial charge in [0.05, 0.1) is 6.10 Å². The standard InChI is InChI=1S/C10H15FN2O3S/c1-7(14)6-13(2)17(15,16)10-4-3-8(12)5-9(10)11/h3-5,7,14H,6,12H2,1-2H3. The molecule has 0 aliphatic rings. The molecular weight excluding hydrogens is 247 g/mol. The number of likely N-dealkylation sites (N-methyl/N-ethyl adjacent to an activating group) is 1. The van der Waals surface area contributed by atoms with Crippen LogP contribution < -0.4 is 5.73 Å². The Morgan fingerprint density at radius 1 is 1.53 bits per heavy atom. The molecule has 3 N–H and O–H groups in total. The monoisotopic (exact) mass is 262 g/mol. The summed E-state index contributed by atoms with van der Waals surface area (Å²) in [6, 6.07) is 3.37. The molecule has 1 unspecified atom stereocenters. The number of nitrogens with two attached hydrogens (primary N) is 1. The lowest BCUT2D eigenvalue weighted by Gasteiger charge is -2.19. The Balaban J connectivity index is 3.13. The van der Waals surface area contributed by atoms with Crippen LogP contribution in [0.25, 0.3) is 0 Å². The van der Waals surface area contributed by atoms with Crippen molar-refractivity contribution >= 4 is 15.7 Å². The summed E-state index contributed by atoms with van der Waals surface area (Å²) in [6.07, 6.45) is -0.827. The molecule has 0 aliphatic carbocycles. The molecule has 0 bridgehead atoms. The summed E-state index contributed by atoms with van der Waals surface area (Å²) in [6.45, 7) is 1.34. The summed E-state index contributed by atoms with van der Waals surface area (Å²) in [5.41, 5.74) is 5.49. The van der Waals surface area contributed by atoms with Crippen LogP contribution >= 0.6 is 0 Å². The van der Waals surface area contributed by atoms with Gasteiger partial charge >= 0.3 is 0 Å². The zero-order valence-electron chi connectivity index (χ0n) is 9.59. The number of anilines is 1. The van der Waals surface area contributed by atoms with Crippen LogP contribution in [-0.4, -0.2) is 37.5 Å². The third kappa shape index (κ3) is 3.15. The lowest BCUT2D eigenvalue weighted by Crippen LogP contribution is -2.33. The van der Waals surface area contributed by atoms with Gasteiger partial charge in [0.2, 0.25) is 10.0 Å². The van der Waals surface area contributed by atoms with Crippen LogP contribution in [0.1, 0.15) is 6.92 Å². The van der Waals surface area contributed by atoms with Crippen molar-refractivity contribution in [3.8, 4) is 0 Å². The van der Waals surface area contributed by atoms with Gasteiger partial charge in [-0.3, -0.25) is 0 Å². The predicted octanol–water partition coefficient (Wildman–Crippen LogP) is 0.409. The lowest BCUT2D eigenvalue weighted by atomic mass is 10.3. The summed E-state index contributed by atoms with van der Waals surface area (Å²) in [5, 5.41) is 9.13. The van der Waals surface area contributed by atoms with Gasteiger partial charge in [-0.05, 0) is 25.1 Å². The Labute approximate surface area is 99.7 Å². The van der Waals surface area contributed by atoms with E-state index in [4.69, 9.17) is 10.8 Å². The number of aliphatic hydroxyl groups is 1. The minimum Gasteiger partial charge on any atom is -0.399 e. The molecule has 0 saturated carbocycles. The highest BCUT2D eigenvalue weighted by molar-refractivity contribution is 7.89. The average molecular weight is 262 g/mol. The van der Waals surface area contributed by atoms with Crippen LogP contribution in [0.15, 0.2) is 23.1 Å². The molecule has 1 rings (SSSR count). The number of rotatable bonds is 4. The van der Waals surface area contributed by atoms with Crippen molar-refractivity contribution in [3.63, 3.8) is 0 Å². The van der Waals surface area contributed by atoms with Gasteiger partial charge < -0.3 is 10.8 Å². The first-order chi connectivity index (χ1) is 7.75. The van der Waals surface area contributed by atoms with Crippen LogP contribution in [0.5, 0.6) is 0 Å². The minimum atomic E-state index is -3.94. The van der Waals surface area contributed by atoms with E-state index in [2.05, 4.69) is 0 Å². The van der Waals surface area contributed by atoms with Crippen molar-refractivity contribution in [2.24, 2.45) is 0 Å². The molecule has 7 heteroatoms. The molecule has 1 atom stereocenters. The summed E-state index contributed by atoms with van der Waals surface area (Å²) >= 11 is 0. The van der Waals surface area contributed by atoms with Gasteiger partial charge in [0.1, 0.15) is 10.7 Å². The van der Waals surface area contributed by atoms with Gasteiger partial charge in [0.15, 0.2) is 0 Å². The Morgan fingerprint density at radius 3 is 2.59 bits per heavy atom. The van der Waals surface area contributed by atoms with Gasteiger partial charge in [-0.25, -0.2) is 12.8 Å². The van der Waals surface area contributed by atoms with E-state index in [1.807, 2.05) is 0 Å². The third-order valence-corrected chi connectivity index (χ3v) is 4.02. The summed E-state index contributed by atoms with van der Waals surface area (Å²) in [5.74, 6) is -0.901. The number of sulfonamides is 1. The zero-order chi connectivity index (χ0) is 13.2. The number of nitrogen functional groups attached to an aromatic ring is 1. The van der Waals surface area contributed by atoms with Gasteiger partial charge in [0.25, 0.3) is 0 Å². The molecule has 0 heterocycles. The molecule has 5 nitrogen and oxygen atoms in total. The maximum absolute atomic E-state index is 13.5. The number of aliphatic hydroxyl groups excluding tert-OH is 1. The van der Waals surface area contributed by atoms with Crippen molar-refractivity contribution in [2.75, 3.05) is 19.3 Å². The van der Waals surface area contributed by atoms with E-state index in [-0.39, 0.29) is 12.2 Å². The van der Waals surface area contributed by atoms with Gasteiger partial charge in [-0.1, -0.05) is 0 Å². The maximum atomic E-state index is 13.5. The minimum absolute atomic E-state index is 0.105. The summed E-state index contributed by atoms with van der Waals surface area (Å²) < 4.78 is 38.3. The average Bonchev–Trinajstić information content (AvgIpc) is 2.15. The smallest absolute Gasteiger partial charge is 0.245 e. The summed E-state index contributed by atoms with van der Waals surface area (Å²) in [7, 11) is -2.66. The Bertz CT molecular complexity index is 502. The Hall–Kier alpha value is -1.18. The van der Waals surface area contributed by atoms with Crippen LogP contribution in [0.2, 0.25) is 0 Å². The molecule has 96 valence electrons. The van der Waals surface area contributed by atoms with E-state index in [0.717, 1.165) is 16.4 Å². The highest BCUT2D eigenvalue weighted by Crippen LogP contribution is 2.20. The zero-order valence-corrected chi connectivity index (χ0v) is 10.4. The predicted molar refractivity (Wildman–Crippen MR) is 62.3 cm³/mol. The number of benzene rings is 1. The van der Waals surface area contributed by atoms with E-state index >= 15 is 0 Å². The molecule has 0 aliphatic heterocycles. The number of hydrogen-bond acceptors (Lipinski definition) is 4. The first kappa shape index (κ1) is 13.9. The second-order valence-electron chi connectivity index (χ2n) is 3.82. The van der Waals surface area contributed by atoms with Gasteiger partial charge in [-0.2, -0.15) is 4.31 Å². The molecule has 0 aromatic heterocycles. The van der Waals surface area contributed by atoms with Crippen LogP contribution in [0.4, 0.5) is 10.1 Å². The maximum Gasteiger partial charge on any atom is 0.245 e. The molecule has 0 amide bonds. The topological polar surface area (TPSA) is 83.6 Å². The van der Waals surface area contributed by atoms with Crippen LogP contribution in [0, 0.1) is 5.82 Å². The molecule has 0 radical (unpaired) electrons. The van der Waals surface area contributed by atoms with Crippen molar-refractivity contribution in [3.05, 3.63) is 24.0 Å². The van der Waals surface area contributed by atoms with E-state index in [1.54, 1.807) is 0 Å². The van der Waals surface area contributed by atoms with E-state index < -0.39 is 26.8 Å². The first-order valence-corrected chi connectivity index (χ1v) is 6.38. The van der Waals surface area contributed by atoms with Crippen molar-refractivity contribution in [2.45, 2.75) is 17.9 Å². The van der Waals surface area contributed by atoms with Crippen LogP contribution in [-0.2, 0) is 10.0 Å². The van der Waals surface area contributed by atoms with Crippen LogP contribution in [0.3, 0.4) is 0 Å². The van der Waals surface area contributed by atoms with E-state index in [9.17, 15) is 12.8 Å². The van der Waals surface area contributed by atoms with E-state index in [0.29, 0.717) is 0 Å². The quantitative estimate of drug-likeness (QED) is 0.770. The molecule has 1 aromatic carbocycles. The third-order valence-electron chi connectivity index (χ3n) is 2.17. The fourth-order valence-electron chi connectivity index (χ4n) is 1.36. The largest absolute Gasteiger partial charge is 0.399 e. The number of hydrogen-bond donors (Lipinski definition) is 2. The lowest BCUT2D eigenvalue weighted by molar-refractivity contribution is 0.171. The molecule has 0 saturated heterocycles. The Morgan fingerprint density at radius 2 is 2.12 bits per heavy atom. The molecule has 0 spiro atoms. The second-order valence-corrected chi connectivity index (χ2v) is 5.84. The first-order valence-electron chi connectivity index (χ1n) is 4.94. The van der Waals surface area contributed by atoms with Crippen molar-refractivity contribution in [1.29, 1.82) is 0 Å². The highest BCUT2D eigenvalue weighted by Gasteiger charge is 2.25. The number of halogens is 1. The Kier molecular flexibility index (Phi) is 4.07. The second kappa shape index (κ2) is 4.99. The van der Waals surface area contributed by atoms with Gasteiger partial charge in [0, 0.05) is 19.3 Å². The fraction of sp³-hybridized carbons (Fsp3) is 0.400. The summed E-state index contributed by atoms with van der Waals surface area (Å²) in [4.78, 5) is -0.449. The molecule has 1 aromatic rings. The normalized spacial score (nSPS) is 13.9. The molecule has 17 heavy (non-hydrogen) atoms. The SMILES string of the molecule is CC(O)CN(C)S(=O)(=O)c1ccc(N)cc1F. The van der Waals surface area contributed by atoms with Crippen molar-refractivity contribution < 1.29 is 17.9 Å². The molecule has 0 fully saturated rings.